The summed E-state index contributed by atoms with van der Waals surface area (Å²) < 4.78 is 16.6. The average molecular weight is 571 g/mol. The molecule has 1 saturated carbocycles. The molecule has 2 fully saturated rings. The second kappa shape index (κ2) is 10.9. The molecule has 3 rings (SSSR count). The Bertz CT molecular complexity index is 1140. The van der Waals surface area contributed by atoms with Crippen molar-refractivity contribution in [3.05, 3.63) is 17.7 Å². The number of hydrogen-bond donors (Lipinski definition) is 7. The van der Waals surface area contributed by atoms with Crippen LogP contribution in [-0.2, 0) is 23.8 Å². The summed E-state index contributed by atoms with van der Waals surface area (Å²) in [7, 11) is 0. The van der Waals surface area contributed by atoms with Crippen molar-refractivity contribution in [2.24, 2.45) is 16.7 Å². The Labute approximate surface area is 230 Å². The summed E-state index contributed by atoms with van der Waals surface area (Å²) in [6.07, 6.45) is -10.4. The van der Waals surface area contributed by atoms with E-state index in [4.69, 9.17) is 14.2 Å². The molecule has 7 atom stereocenters. The Morgan fingerprint density at radius 2 is 1.50 bits per heavy atom. The molecule has 0 unspecified atom stereocenters. The van der Waals surface area contributed by atoms with Gasteiger partial charge in [0.25, 0.3) is 0 Å². The van der Waals surface area contributed by atoms with Gasteiger partial charge in [-0.1, -0.05) is 27.7 Å². The van der Waals surface area contributed by atoms with Crippen molar-refractivity contribution < 1.29 is 64.3 Å². The molecule has 2 aliphatic rings. The van der Waals surface area contributed by atoms with E-state index < -0.39 is 94.6 Å². The van der Waals surface area contributed by atoms with Gasteiger partial charge in [0, 0.05) is 0 Å². The minimum Gasteiger partial charge on any atom is -0.504 e. The highest BCUT2D eigenvalue weighted by molar-refractivity contribution is 6.14. The molecule has 1 aromatic rings. The summed E-state index contributed by atoms with van der Waals surface area (Å²) in [5, 5.41) is 72.0. The summed E-state index contributed by atoms with van der Waals surface area (Å²) >= 11 is 0. The molecule has 0 radical (unpaired) electrons. The molecule has 7 N–H and O–H groups in total. The number of aliphatic hydroxyl groups is 4. The molecule has 13 heteroatoms. The SMILES string of the molecule is CC(C)C[C@]1(O)C(=O)C(C)(C)C(=O)C(C)(C)[C@@H]1O[C@@H]1O[C@H](COC(=O)c2cc(O)c(O)c(O)c2)[C@@H](O)[C@H](O)[C@H]1O. The zero-order valence-electron chi connectivity index (χ0n) is 23.2. The quantitative estimate of drug-likeness (QED) is 0.132. The van der Waals surface area contributed by atoms with E-state index in [1.54, 1.807) is 13.8 Å². The second-order valence-electron chi connectivity index (χ2n) is 12.0. The van der Waals surface area contributed by atoms with Crippen LogP contribution in [0.15, 0.2) is 12.1 Å². The number of carbonyl (C=O) groups is 3. The predicted molar refractivity (Wildman–Crippen MR) is 135 cm³/mol. The van der Waals surface area contributed by atoms with Crippen molar-refractivity contribution in [1.82, 2.24) is 0 Å². The summed E-state index contributed by atoms with van der Waals surface area (Å²) in [6, 6.07) is 1.66. The standard InChI is InChI=1S/C27H38O13/c1-11(2)9-27(37)23(36)25(3,4)22(35)26(5,6)24(27)40-21-19(33)18(32)17(31)15(39-21)10-38-20(34)12-7-13(28)16(30)14(29)8-12/h7-8,11,15,17-19,21,24,28-33,37H,9-10H2,1-6H3/t15-,17-,18+,19-,21+,24+,27+/m1/s1. The summed E-state index contributed by atoms with van der Waals surface area (Å²) in [6.45, 7) is 8.65. The molecule has 0 spiro atoms. The molecule has 224 valence electrons. The van der Waals surface area contributed by atoms with Crippen LogP contribution in [0.1, 0.15) is 58.3 Å². The molecule has 40 heavy (non-hydrogen) atoms. The normalized spacial score (nSPS) is 33.7. The van der Waals surface area contributed by atoms with Gasteiger partial charge in [-0.2, -0.15) is 0 Å². The van der Waals surface area contributed by atoms with Crippen LogP contribution in [0.3, 0.4) is 0 Å². The minimum absolute atomic E-state index is 0.0853. The largest absolute Gasteiger partial charge is 0.504 e. The van der Waals surface area contributed by atoms with Crippen LogP contribution >= 0.6 is 0 Å². The van der Waals surface area contributed by atoms with Crippen LogP contribution in [0.4, 0.5) is 0 Å². The van der Waals surface area contributed by atoms with Gasteiger partial charge in [-0.25, -0.2) is 4.79 Å². The molecule has 13 nitrogen and oxygen atoms in total. The highest BCUT2D eigenvalue weighted by Crippen LogP contribution is 2.49. The number of ketones is 2. The Morgan fingerprint density at radius 1 is 0.950 bits per heavy atom. The van der Waals surface area contributed by atoms with Gasteiger partial charge in [0.1, 0.15) is 37.1 Å². The third-order valence-corrected chi connectivity index (χ3v) is 7.55. The maximum absolute atomic E-state index is 13.4. The van der Waals surface area contributed by atoms with Crippen molar-refractivity contribution in [2.45, 2.75) is 90.4 Å². The maximum Gasteiger partial charge on any atom is 0.338 e. The van der Waals surface area contributed by atoms with E-state index in [0.717, 1.165) is 12.1 Å². The number of phenolic OH excluding ortho intramolecular Hbond substituents is 3. The lowest BCUT2D eigenvalue weighted by atomic mass is 9.54. The first-order valence-corrected chi connectivity index (χ1v) is 12.9. The number of phenols is 3. The number of carbonyl (C=O) groups excluding carboxylic acids is 3. The van der Waals surface area contributed by atoms with Gasteiger partial charge < -0.3 is 50.0 Å². The third kappa shape index (κ3) is 5.41. The summed E-state index contributed by atoms with van der Waals surface area (Å²) in [5.74, 6) is -5.01. The topological polar surface area (TPSA) is 221 Å². The van der Waals surface area contributed by atoms with Gasteiger partial charge in [0.2, 0.25) is 0 Å². The number of hydrogen-bond acceptors (Lipinski definition) is 13. The fourth-order valence-electron chi connectivity index (χ4n) is 5.65. The zero-order valence-corrected chi connectivity index (χ0v) is 23.2. The summed E-state index contributed by atoms with van der Waals surface area (Å²) in [5.41, 5.74) is -5.53. The Morgan fingerprint density at radius 3 is 2.02 bits per heavy atom. The van der Waals surface area contributed by atoms with Gasteiger partial charge in [-0.15, -0.1) is 0 Å². The van der Waals surface area contributed by atoms with Crippen LogP contribution in [0, 0.1) is 16.7 Å². The molecular formula is C27H38O13. The third-order valence-electron chi connectivity index (χ3n) is 7.55. The maximum atomic E-state index is 13.4. The van der Waals surface area contributed by atoms with Crippen LogP contribution in [0.5, 0.6) is 17.2 Å². The molecule has 1 aliphatic heterocycles. The molecular weight excluding hydrogens is 532 g/mol. The van der Waals surface area contributed by atoms with E-state index in [1.165, 1.54) is 27.7 Å². The molecule has 0 amide bonds. The van der Waals surface area contributed by atoms with Crippen molar-refractivity contribution in [3.8, 4) is 17.2 Å². The molecule has 1 saturated heterocycles. The fraction of sp³-hybridized carbons (Fsp3) is 0.667. The molecule has 1 aliphatic carbocycles. The van der Waals surface area contributed by atoms with Gasteiger partial charge >= 0.3 is 5.97 Å². The first kappa shape index (κ1) is 31.7. The molecule has 1 heterocycles. The summed E-state index contributed by atoms with van der Waals surface area (Å²) in [4.78, 5) is 39.2. The number of Topliss-reactive ketones (excluding diaryl/α,β-unsaturated/α-hetero) is 2. The zero-order chi connectivity index (χ0) is 30.5. The van der Waals surface area contributed by atoms with E-state index in [-0.39, 0.29) is 17.9 Å². The van der Waals surface area contributed by atoms with Crippen molar-refractivity contribution in [1.29, 1.82) is 0 Å². The van der Waals surface area contributed by atoms with Crippen molar-refractivity contribution in [3.63, 3.8) is 0 Å². The van der Waals surface area contributed by atoms with Gasteiger partial charge in [0.05, 0.1) is 16.4 Å². The fourth-order valence-corrected chi connectivity index (χ4v) is 5.65. The van der Waals surface area contributed by atoms with E-state index in [0.29, 0.717) is 0 Å². The first-order chi connectivity index (χ1) is 18.3. The van der Waals surface area contributed by atoms with E-state index in [2.05, 4.69) is 0 Å². The van der Waals surface area contributed by atoms with E-state index >= 15 is 0 Å². The second-order valence-corrected chi connectivity index (χ2v) is 12.0. The van der Waals surface area contributed by atoms with Gasteiger partial charge in [-0.05, 0) is 38.3 Å². The van der Waals surface area contributed by atoms with Crippen LogP contribution in [0.2, 0.25) is 0 Å². The first-order valence-electron chi connectivity index (χ1n) is 12.9. The predicted octanol–water partition coefficient (Wildman–Crippen LogP) is 0.134. The van der Waals surface area contributed by atoms with Crippen LogP contribution in [-0.4, -0.2) is 102 Å². The van der Waals surface area contributed by atoms with Crippen LogP contribution in [0.25, 0.3) is 0 Å². The number of aliphatic hydroxyl groups excluding tert-OH is 3. The van der Waals surface area contributed by atoms with Crippen molar-refractivity contribution in [2.75, 3.05) is 6.61 Å². The van der Waals surface area contributed by atoms with Crippen LogP contribution < -0.4 is 0 Å². The van der Waals surface area contributed by atoms with Gasteiger partial charge in [0.15, 0.2) is 40.7 Å². The smallest absolute Gasteiger partial charge is 0.338 e. The highest BCUT2D eigenvalue weighted by Gasteiger charge is 2.67. The Kier molecular flexibility index (Phi) is 8.62. The number of benzene rings is 1. The number of rotatable bonds is 7. The monoisotopic (exact) mass is 570 g/mol. The van der Waals surface area contributed by atoms with E-state index in [9.17, 15) is 50.1 Å². The lowest BCUT2D eigenvalue weighted by Crippen LogP contribution is -2.72. The minimum atomic E-state index is -2.18. The van der Waals surface area contributed by atoms with E-state index in [1.807, 2.05) is 0 Å². The molecule has 1 aromatic carbocycles. The average Bonchev–Trinajstić information content (AvgIpc) is 2.86. The van der Waals surface area contributed by atoms with Crippen molar-refractivity contribution >= 4 is 17.5 Å². The number of aromatic hydroxyl groups is 3. The lowest BCUT2D eigenvalue weighted by molar-refractivity contribution is -0.332. The molecule has 0 bridgehead atoms. The number of ether oxygens (including phenoxy) is 3. The van der Waals surface area contributed by atoms with Gasteiger partial charge in [-0.3, -0.25) is 9.59 Å². The Hall–Kier alpha value is -2.81. The molecule has 0 aromatic heterocycles. The highest BCUT2D eigenvalue weighted by atomic mass is 16.7. The lowest BCUT2D eigenvalue weighted by Gasteiger charge is -2.54. The number of esters is 1. The Balaban J connectivity index is 1.87.